The molecule has 37 heavy (non-hydrogen) atoms. The SMILES string of the molecule is CCOC(=O)[C@H](OCc1ccccc1)[C@@H](OCc1ccccc1)[C@H]1OC(C)(C)O[C@@H]1[C@H]1COC(C)(C)O1. The molecule has 5 atom stereocenters. The van der Waals surface area contributed by atoms with Gasteiger partial charge in [-0.1, -0.05) is 60.7 Å². The van der Waals surface area contributed by atoms with Crippen LogP contribution < -0.4 is 0 Å². The standard InChI is InChI=1S/C29H38O8/c1-6-31-27(30)26(33-18-21-15-11-8-12-16-21)24(32-17-20-13-9-7-10-14-20)25-23(36-29(4,5)37-25)22-19-34-28(2,3)35-22/h7-16,22-26H,6,17-19H2,1-5H3/t22-,23-,24+,25+,26-/m1/s1. The van der Waals surface area contributed by atoms with Crippen LogP contribution in [0.2, 0.25) is 0 Å². The molecule has 0 radical (unpaired) electrons. The average molecular weight is 515 g/mol. The van der Waals surface area contributed by atoms with Gasteiger partial charge in [0.15, 0.2) is 17.7 Å². The maximum atomic E-state index is 13.3. The molecule has 202 valence electrons. The second-order valence-corrected chi connectivity index (χ2v) is 10.2. The van der Waals surface area contributed by atoms with E-state index in [0.29, 0.717) is 6.61 Å². The number of benzene rings is 2. The highest BCUT2D eigenvalue weighted by Gasteiger charge is 2.55. The van der Waals surface area contributed by atoms with E-state index in [1.165, 1.54) is 0 Å². The van der Waals surface area contributed by atoms with Gasteiger partial charge in [0.25, 0.3) is 0 Å². The van der Waals surface area contributed by atoms with Gasteiger partial charge in [0.1, 0.15) is 24.4 Å². The first-order chi connectivity index (χ1) is 17.7. The van der Waals surface area contributed by atoms with E-state index in [2.05, 4.69) is 0 Å². The van der Waals surface area contributed by atoms with Gasteiger partial charge < -0.3 is 33.2 Å². The zero-order valence-electron chi connectivity index (χ0n) is 22.3. The average Bonchev–Trinajstić information content (AvgIpc) is 3.40. The third-order valence-electron chi connectivity index (χ3n) is 6.26. The van der Waals surface area contributed by atoms with E-state index in [1.807, 2.05) is 88.4 Å². The van der Waals surface area contributed by atoms with Gasteiger partial charge in [-0.15, -0.1) is 0 Å². The summed E-state index contributed by atoms with van der Waals surface area (Å²) in [4.78, 5) is 13.3. The Kier molecular flexibility index (Phi) is 9.00. The largest absolute Gasteiger partial charge is 0.464 e. The van der Waals surface area contributed by atoms with E-state index < -0.39 is 48.1 Å². The van der Waals surface area contributed by atoms with Gasteiger partial charge in [0, 0.05) is 0 Å². The molecule has 2 heterocycles. The fraction of sp³-hybridized carbons (Fsp3) is 0.552. The van der Waals surface area contributed by atoms with Crippen LogP contribution in [-0.4, -0.2) is 61.3 Å². The lowest BCUT2D eigenvalue weighted by atomic mass is 9.98. The Bertz CT molecular complexity index is 993. The first-order valence-electron chi connectivity index (χ1n) is 12.8. The number of esters is 1. The molecule has 8 heteroatoms. The number of ether oxygens (including phenoxy) is 7. The van der Waals surface area contributed by atoms with Gasteiger partial charge >= 0.3 is 5.97 Å². The van der Waals surface area contributed by atoms with Crippen molar-refractivity contribution < 1.29 is 38.0 Å². The minimum absolute atomic E-state index is 0.202. The van der Waals surface area contributed by atoms with Crippen molar-refractivity contribution in [1.29, 1.82) is 0 Å². The van der Waals surface area contributed by atoms with Crippen LogP contribution in [0.3, 0.4) is 0 Å². The topological polar surface area (TPSA) is 81.7 Å². The molecule has 0 unspecified atom stereocenters. The lowest BCUT2D eigenvalue weighted by Crippen LogP contribution is -2.53. The first kappa shape index (κ1) is 27.7. The van der Waals surface area contributed by atoms with Crippen molar-refractivity contribution in [2.75, 3.05) is 13.2 Å². The molecule has 2 aromatic rings. The molecule has 2 saturated heterocycles. The Morgan fingerprint density at radius 2 is 1.46 bits per heavy atom. The summed E-state index contributed by atoms with van der Waals surface area (Å²) in [6, 6.07) is 19.4. The van der Waals surface area contributed by atoms with E-state index in [-0.39, 0.29) is 19.8 Å². The minimum atomic E-state index is -1.07. The summed E-state index contributed by atoms with van der Waals surface area (Å²) < 4.78 is 42.8. The predicted octanol–water partition coefficient (Wildman–Crippen LogP) is 4.39. The highest BCUT2D eigenvalue weighted by molar-refractivity contribution is 5.75. The monoisotopic (exact) mass is 514 g/mol. The molecule has 2 aliphatic rings. The lowest BCUT2D eigenvalue weighted by molar-refractivity contribution is -0.195. The molecular formula is C29H38O8. The molecule has 0 amide bonds. The van der Waals surface area contributed by atoms with E-state index in [1.54, 1.807) is 6.92 Å². The first-order valence-corrected chi connectivity index (χ1v) is 12.8. The molecule has 0 bridgehead atoms. The third-order valence-corrected chi connectivity index (χ3v) is 6.26. The number of hydrogen-bond donors (Lipinski definition) is 0. The van der Waals surface area contributed by atoms with Gasteiger partial charge in [0.05, 0.1) is 26.4 Å². The molecule has 0 N–H and O–H groups in total. The van der Waals surface area contributed by atoms with Crippen LogP contribution in [0.1, 0.15) is 45.7 Å². The Morgan fingerprint density at radius 3 is 2.00 bits per heavy atom. The number of hydrogen-bond acceptors (Lipinski definition) is 8. The summed E-state index contributed by atoms with van der Waals surface area (Å²) >= 11 is 0. The number of carbonyl (C=O) groups excluding carboxylic acids is 1. The van der Waals surface area contributed by atoms with Crippen molar-refractivity contribution in [3.05, 3.63) is 71.8 Å². The summed E-state index contributed by atoms with van der Waals surface area (Å²) in [7, 11) is 0. The lowest BCUT2D eigenvalue weighted by Gasteiger charge is -2.33. The molecule has 8 nitrogen and oxygen atoms in total. The highest BCUT2D eigenvalue weighted by atomic mass is 16.8. The van der Waals surface area contributed by atoms with Crippen molar-refractivity contribution in [1.82, 2.24) is 0 Å². The molecule has 0 spiro atoms. The normalized spacial score (nSPS) is 26.0. The van der Waals surface area contributed by atoms with Crippen LogP contribution in [0.5, 0.6) is 0 Å². The molecule has 2 aromatic carbocycles. The maximum Gasteiger partial charge on any atom is 0.338 e. The van der Waals surface area contributed by atoms with Crippen molar-refractivity contribution in [2.45, 2.75) is 89.9 Å². The Balaban J connectivity index is 1.64. The minimum Gasteiger partial charge on any atom is -0.464 e. The Morgan fingerprint density at radius 1 is 0.865 bits per heavy atom. The van der Waals surface area contributed by atoms with Crippen molar-refractivity contribution in [3.63, 3.8) is 0 Å². The fourth-order valence-electron chi connectivity index (χ4n) is 4.64. The quantitative estimate of drug-likeness (QED) is 0.409. The van der Waals surface area contributed by atoms with Crippen LogP contribution >= 0.6 is 0 Å². The third kappa shape index (κ3) is 7.37. The summed E-state index contributed by atoms with van der Waals surface area (Å²) in [5.74, 6) is -2.21. The second kappa shape index (κ2) is 12.0. The van der Waals surface area contributed by atoms with Crippen LogP contribution in [0, 0.1) is 0 Å². The van der Waals surface area contributed by atoms with E-state index in [9.17, 15) is 4.79 Å². The molecule has 0 saturated carbocycles. The van der Waals surface area contributed by atoms with Gasteiger partial charge in [-0.05, 0) is 45.7 Å². The van der Waals surface area contributed by atoms with Crippen LogP contribution in [0.15, 0.2) is 60.7 Å². The molecule has 4 rings (SSSR count). The van der Waals surface area contributed by atoms with E-state index >= 15 is 0 Å². The van der Waals surface area contributed by atoms with Gasteiger partial charge in [-0.25, -0.2) is 4.79 Å². The Labute approximate surface area is 219 Å². The Hall–Kier alpha value is -2.33. The second-order valence-electron chi connectivity index (χ2n) is 10.2. The van der Waals surface area contributed by atoms with Crippen LogP contribution in [0.25, 0.3) is 0 Å². The van der Waals surface area contributed by atoms with Crippen LogP contribution in [-0.2, 0) is 51.2 Å². The molecule has 0 aliphatic carbocycles. The number of carbonyl (C=O) groups is 1. The van der Waals surface area contributed by atoms with E-state index in [0.717, 1.165) is 11.1 Å². The molecule has 0 aromatic heterocycles. The van der Waals surface area contributed by atoms with Gasteiger partial charge in [-0.2, -0.15) is 0 Å². The van der Waals surface area contributed by atoms with Gasteiger partial charge in [0.2, 0.25) is 0 Å². The smallest absolute Gasteiger partial charge is 0.338 e. The number of rotatable bonds is 11. The maximum absolute atomic E-state index is 13.3. The van der Waals surface area contributed by atoms with Crippen molar-refractivity contribution in [2.24, 2.45) is 0 Å². The summed E-state index contributed by atoms with van der Waals surface area (Å²) in [5, 5.41) is 0. The molecular weight excluding hydrogens is 476 g/mol. The van der Waals surface area contributed by atoms with Crippen molar-refractivity contribution in [3.8, 4) is 0 Å². The van der Waals surface area contributed by atoms with E-state index in [4.69, 9.17) is 33.2 Å². The van der Waals surface area contributed by atoms with Crippen LogP contribution in [0.4, 0.5) is 0 Å². The zero-order chi connectivity index (χ0) is 26.5. The fourth-order valence-corrected chi connectivity index (χ4v) is 4.64. The molecule has 2 fully saturated rings. The molecule has 2 aliphatic heterocycles. The van der Waals surface area contributed by atoms with Gasteiger partial charge in [-0.3, -0.25) is 0 Å². The zero-order valence-corrected chi connectivity index (χ0v) is 22.3. The predicted molar refractivity (Wildman–Crippen MR) is 135 cm³/mol. The van der Waals surface area contributed by atoms with Crippen molar-refractivity contribution >= 4 is 5.97 Å². The highest BCUT2D eigenvalue weighted by Crippen LogP contribution is 2.38. The summed E-state index contributed by atoms with van der Waals surface area (Å²) in [6.07, 6.45) is -3.57. The summed E-state index contributed by atoms with van der Waals surface area (Å²) in [6.45, 7) is 10.1. The summed E-state index contributed by atoms with van der Waals surface area (Å²) in [5.41, 5.74) is 1.88.